The smallest absolute Gasteiger partial charge is 0.335 e. The second-order valence-corrected chi connectivity index (χ2v) is 7.06. The highest BCUT2D eigenvalue weighted by Crippen LogP contribution is 2.19. The Hall–Kier alpha value is -2.59. The first kappa shape index (κ1) is 18.2. The lowest BCUT2D eigenvalue weighted by atomic mass is 10.2. The molecule has 3 aromatic rings. The molecule has 0 aliphatic heterocycles. The molecule has 0 fully saturated rings. The van der Waals surface area contributed by atoms with E-state index in [4.69, 9.17) is 5.11 Å². The van der Waals surface area contributed by atoms with Gasteiger partial charge in [0.15, 0.2) is 0 Å². The van der Waals surface area contributed by atoms with Crippen molar-refractivity contribution in [2.75, 3.05) is 5.75 Å². The van der Waals surface area contributed by atoms with Crippen LogP contribution in [0.15, 0.2) is 52.2 Å². The van der Waals surface area contributed by atoms with Crippen LogP contribution in [0.2, 0.25) is 0 Å². The summed E-state index contributed by atoms with van der Waals surface area (Å²) in [6.45, 7) is 0. The van der Waals surface area contributed by atoms with Crippen LogP contribution in [0.1, 0.15) is 16.1 Å². The molecule has 0 saturated heterocycles. The summed E-state index contributed by atoms with van der Waals surface area (Å²) in [5.74, 6) is -0.804. The zero-order chi connectivity index (χ0) is 18.5. The summed E-state index contributed by atoms with van der Waals surface area (Å²) in [7, 11) is 0. The molecule has 132 valence electrons. The van der Waals surface area contributed by atoms with Gasteiger partial charge in [-0.2, -0.15) is 4.68 Å². The molecule has 0 bridgehead atoms. The van der Waals surface area contributed by atoms with Gasteiger partial charge in [0.05, 0.1) is 17.0 Å². The van der Waals surface area contributed by atoms with Gasteiger partial charge in [-0.15, -0.1) is 5.10 Å². The Balaban J connectivity index is 1.64. The quantitative estimate of drug-likeness (QED) is 0.565. The molecule has 10 heteroatoms. The van der Waals surface area contributed by atoms with Gasteiger partial charge in [-0.3, -0.25) is 9.78 Å². The highest BCUT2D eigenvalue weighted by molar-refractivity contribution is 9.10. The Kier molecular flexibility index (Phi) is 5.74. The number of hydrogen-bond acceptors (Lipinski definition) is 7. The number of carboxylic acids is 1. The fourth-order valence-corrected chi connectivity index (χ4v) is 3.07. The predicted octanol–water partition coefficient (Wildman–Crippen LogP) is 2.42. The van der Waals surface area contributed by atoms with Crippen molar-refractivity contribution < 1.29 is 14.7 Å². The van der Waals surface area contributed by atoms with Crippen molar-refractivity contribution in [3.63, 3.8) is 0 Å². The van der Waals surface area contributed by atoms with Crippen LogP contribution in [0, 0.1) is 0 Å². The molecule has 0 atom stereocenters. The summed E-state index contributed by atoms with van der Waals surface area (Å²) in [6, 6.07) is 9.79. The molecule has 0 radical (unpaired) electrons. The molecule has 0 spiro atoms. The molecule has 2 heterocycles. The molecule has 0 aliphatic carbocycles. The number of nitrogens with zero attached hydrogens (tertiary/aromatic N) is 5. The number of Topliss-reactive ketones (excluding diaryl/α,β-unsaturated/α-hetero) is 1. The van der Waals surface area contributed by atoms with E-state index in [1.807, 2.05) is 6.07 Å². The predicted molar refractivity (Wildman–Crippen MR) is 97.5 cm³/mol. The number of carbonyl (C=O) groups excluding carboxylic acids is 1. The number of thioether (sulfide) groups is 1. The van der Waals surface area contributed by atoms with Gasteiger partial charge in [0, 0.05) is 22.8 Å². The molecule has 0 aliphatic rings. The third-order valence-electron chi connectivity index (χ3n) is 3.33. The number of hydrogen-bond donors (Lipinski definition) is 1. The highest BCUT2D eigenvalue weighted by atomic mass is 79.9. The van der Waals surface area contributed by atoms with E-state index in [9.17, 15) is 9.59 Å². The second-order valence-electron chi connectivity index (χ2n) is 5.20. The van der Waals surface area contributed by atoms with E-state index < -0.39 is 5.97 Å². The van der Waals surface area contributed by atoms with Gasteiger partial charge in [-0.25, -0.2) is 4.79 Å². The topological polar surface area (TPSA) is 111 Å². The number of tetrazole rings is 1. The number of aromatic nitrogens is 5. The van der Waals surface area contributed by atoms with Crippen LogP contribution in [0.5, 0.6) is 0 Å². The van der Waals surface area contributed by atoms with Crippen LogP contribution in [-0.2, 0) is 11.2 Å². The van der Waals surface area contributed by atoms with Crippen molar-refractivity contribution in [2.45, 2.75) is 11.6 Å². The van der Waals surface area contributed by atoms with Gasteiger partial charge >= 0.3 is 5.97 Å². The average Bonchev–Trinajstić information content (AvgIpc) is 3.10. The number of carbonyl (C=O) groups is 2. The van der Waals surface area contributed by atoms with Gasteiger partial charge in [0.1, 0.15) is 5.78 Å². The van der Waals surface area contributed by atoms with Crippen LogP contribution in [0.3, 0.4) is 0 Å². The lowest BCUT2D eigenvalue weighted by Gasteiger charge is -2.04. The normalized spacial score (nSPS) is 10.7. The van der Waals surface area contributed by atoms with E-state index >= 15 is 0 Å². The number of ketones is 1. The SMILES string of the molecule is O=C(CSc1nnnn1-c1ccc(C(=O)O)cc1)Cc1ccc(Br)cn1. The molecule has 26 heavy (non-hydrogen) atoms. The molecule has 1 N–H and O–H groups in total. The van der Waals surface area contributed by atoms with E-state index in [-0.39, 0.29) is 23.5 Å². The molecule has 0 amide bonds. The van der Waals surface area contributed by atoms with Gasteiger partial charge < -0.3 is 5.11 Å². The lowest BCUT2D eigenvalue weighted by molar-refractivity contribution is -0.116. The van der Waals surface area contributed by atoms with Crippen molar-refractivity contribution in [1.29, 1.82) is 0 Å². The second kappa shape index (κ2) is 8.19. The number of pyridine rings is 1. The summed E-state index contributed by atoms with van der Waals surface area (Å²) in [5.41, 5.74) is 1.49. The van der Waals surface area contributed by atoms with Crippen molar-refractivity contribution in [2.24, 2.45) is 0 Å². The van der Waals surface area contributed by atoms with E-state index in [1.54, 1.807) is 24.4 Å². The molecule has 0 unspecified atom stereocenters. The number of halogens is 1. The Labute approximate surface area is 160 Å². The van der Waals surface area contributed by atoms with Crippen LogP contribution in [-0.4, -0.2) is 47.8 Å². The molecule has 3 rings (SSSR count). The minimum atomic E-state index is -1.00. The summed E-state index contributed by atoms with van der Waals surface area (Å²) >= 11 is 4.52. The Morgan fingerprint density at radius 2 is 1.92 bits per heavy atom. The first-order valence-electron chi connectivity index (χ1n) is 7.40. The Morgan fingerprint density at radius 1 is 1.15 bits per heavy atom. The van der Waals surface area contributed by atoms with Crippen LogP contribution in [0.4, 0.5) is 0 Å². The zero-order valence-corrected chi connectivity index (χ0v) is 15.6. The van der Waals surface area contributed by atoms with Crippen molar-refractivity contribution in [3.05, 3.63) is 58.3 Å². The van der Waals surface area contributed by atoms with Gasteiger partial charge in [0.25, 0.3) is 0 Å². The average molecular weight is 434 g/mol. The van der Waals surface area contributed by atoms with Crippen molar-refractivity contribution in [3.8, 4) is 5.69 Å². The van der Waals surface area contributed by atoms with Gasteiger partial charge in [-0.1, -0.05) is 11.8 Å². The number of carboxylic acid groups (broad SMARTS) is 1. The largest absolute Gasteiger partial charge is 0.478 e. The summed E-state index contributed by atoms with van der Waals surface area (Å²) in [5, 5.41) is 20.8. The standard InChI is InChI=1S/C16H12BrN5O3S/c17-11-3-4-12(18-8-11)7-14(23)9-26-16-19-20-21-22(16)13-5-1-10(2-6-13)15(24)25/h1-6,8H,7,9H2,(H,24,25). The van der Waals surface area contributed by atoms with E-state index in [1.165, 1.54) is 28.6 Å². The minimum Gasteiger partial charge on any atom is -0.478 e. The van der Waals surface area contributed by atoms with E-state index in [2.05, 4.69) is 36.4 Å². The lowest BCUT2D eigenvalue weighted by Crippen LogP contribution is -2.08. The molecule has 0 saturated carbocycles. The maximum Gasteiger partial charge on any atom is 0.335 e. The maximum absolute atomic E-state index is 12.1. The molecule has 8 nitrogen and oxygen atoms in total. The molecular formula is C16H12BrN5O3S. The fraction of sp³-hybridized carbons (Fsp3) is 0.125. The first-order chi connectivity index (χ1) is 12.5. The summed E-state index contributed by atoms with van der Waals surface area (Å²) in [4.78, 5) is 27.2. The van der Waals surface area contributed by atoms with E-state index in [0.29, 0.717) is 16.5 Å². The monoisotopic (exact) mass is 433 g/mol. The summed E-state index contributed by atoms with van der Waals surface area (Å²) < 4.78 is 2.32. The summed E-state index contributed by atoms with van der Waals surface area (Å²) in [6.07, 6.45) is 1.88. The van der Waals surface area contributed by atoms with Crippen molar-refractivity contribution >= 4 is 39.4 Å². The minimum absolute atomic E-state index is 0.000553. The highest BCUT2D eigenvalue weighted by Gasteiger charge is 2.13. The van der Waals surface area contributed by atoms with Gasteiger partial charge in [-0.05, 0) is 62.8 Å². The fourth-order valence-electron chi connectivity index (χ4n) is 2.09. The van der Waals surface area contributed by atoms with Crippen LogP contribution >= 0.6 is 27.7 Å². The third kappa shape index (κ3) is 4.52. The molecule has 1 aromatic carbocycles. The Bertz CT molecular complexity index is 928. The molecular weight excluding hydrogens is 422 g/mol. The molecule has 2 aromatic heterocycles. The maximum atomic E-state index is 12.1. The third-order valence-corrected chi connectivity index (χ3v) is 4.78. The van der Waals surface area contributed by atoms with E-state index in [0.717, 1.165) is 4.47 Å². The number of aromatic carboxylic acids is 1. The zero-order valence-electron chi connectivity index (χ0n) is 13.2. The van der Waals surface area contributed by atoms with Crippen molar-refractivity contribution in [1.82, 2.24) is 25.2 Å². The number of benzene rings is 1. The first-order valence-corrected chi connectivity index (χ1v) is 9.18. The van der Waals surface area contributed by atoms with Crippen LogP contribution in [0.25, 0.3) is 5.69 Å². The number of rotatable bonds is 7. The van der Waals surface area contributed by atoms with Crippen LogP contribution < -0.4 is 0 Å². The Morgan fingerprint density at radius 3 is 2.58 bits per heavy atom. The van der Waals surface area contributed by atoms with Gasteiger partial charge in [0.2, 0.25) is 5.16 Å².